The van der Waals surface area contributed by atoms with Gasteiger partial charge < -0.3 is 0 Å². The Morgan fingerprint density at radius 1 is 1.12 bits per heavy atom. The minimum Gasteiger partial charge on any atom is -0.295 e. The number of thiazole rings is 1. The zero-order chi connectivity index (χ0) is 18.3. The first-order valence-electron chi connectivity index (χ1n) is 8.23. The maximum absolute atomic E-state index is 12.3. The van der Waals surface area contributed by atoms with Crippen molar-refractivity contribution in [3.05, 3.63) is 74.9 Å². The van der Waals surface area contributed by atoms with Crippen LogP contribution in [0.25, 0.3) is 10.6 Å². The Morgan fingerprint density at radius 3 is 2.65 bits per heavy atom. The van der Waals surface area contributed by atoms with Gasteiger partial charge in [-0.25, -0.2) is 9.97 Å². The van der Waals surface area contributed by atoms with Crippen LogP contribution in [0, 0.1) is 20.8 Å². The predicted octanol–water partition coefficient (Wildman–Crippen LogP) is 4.16. The topological polar surface area (TPSA) is 52.2 Å². The fraction of sp³-hybridized carbons (Fsp3) is 0.211. The molecule has 0 amide bonds. The molecule has 4 rings (SSSR count). The van der Waals surface area contributed by atoms with E-state index < -0.39 is 0 Å². The lowest BCUT2D eigenvalue weighted by molar-refractivity contribution is 0.891. The Morgan fingerprint density at radius 2 is 1.88 bits per heavy atom. The van der Waals surface area contributed by atoms with Crippen LogP contribution < -0.4 is 5.56 Å². The minimum absolute atomic E-state index is 0.0259. The van der Waals surface area contributed by atoms with Gasteiger partial charge in [-0.15, -0.1) is 11.3 Å². The van der Waals surface area contributed by atoms with Gasteiger partial charge in [0.05, 0.1) is 5.69 Å². The summed E-state index contributed by atoms with van der Waals surface area (Å²) < 4.78 is 3.72. The second kappa shape index (κ2) is 6.74. The highest BCUT2D eigenvalue weighted by Crippen LogP contribution is 2.25. The Kier molecular flexibility index (Phi) is 4.42. The van der Waals surface area contributed by atoms with Gasteiger partial charge >= 0.3 is 0 Å². The molecule has 132 valence electrons. The molecule has 0 N–H and O–H groups in total. The quantitative estimate of drug-likeness (QED) is 0.497. The highest BCUT2D eigenvalue weighted by Gasteiger charge is 2.10. The van der Waals surface area contributed by atoms with E-state index in [9.17, 15) is 4.79 Å². The molecule has 0 radical (unpaired) electrons. The highest BCUT2D eigenvalue weighted by molar-refractivity contribution is 7.98. The van der Waals surface area contributed by atoms with Gasteiger partial charge in [0, 0.05) is 41.0 Å². The summed E-state index contributed by atoms with van der Waals surface area (Å²) in [6, 6.07) is 8.06. The Hall–Kier alpha value is -2.38. The molecular weight excluding hydrogens is 364 g/mol. The molecule has 7 heteroatoms. The Balaban J connectivity index is 1.62. The van der Waals surface area contributed by atoms with E-state index in [4.69, 9.17) is 0 Å². The third kappa shape index (κ3) is 3.20. The smallest absolute Gasteiger partial charge is 0.258 e. The van der Waals surface area contributed by atoms with E-state index >= 15 is 0 Å². The first kappa shape index (κ1) is 17.1. The van der Waals surface area contributed by atoms with Gasteiger partial charge in [0.1, 0.15) is 0 Å². The van der Waals surface area contributed by atoms with Crippen LogP contribution in [0.5, 0.6) is 0 Å². The third-order valence-electron chi connectivity index (χ3n) is 4.07. The van der Waals surface area contributed by atoms with Crippen LogP contribution in [0.2, 0.25) is 0 Å². The zero-order valence-corrected chi connectivity index (χ0v) is 16.4. The molecule has 1 aromatic carbocycles. The van der Waals surface area contributed by atoms with Crippen LogP contribution >= 0.6 is 23.1 Å². The van der Waals surface area contributed by atoms with E-state index in [1.165, 1.54) is 22.5 Å². The van der Waals surface area contributed by atoms with Gasteiger partial charge in [0.15, 0.2) is 10.1 Å². The number of rotatable bonds is 4. The highest BCUT2D eigenvalue weighted by atomic mass is 32.2. The van der Waals surface area contributed by atoms with Crippen molar-refractivity contribution in [1.29, 1.82) is 0 Å². The Labute approximate surface area is 159 Å². The van der Waals surface area contributed by atoms with Gasteiger partial charge in [-0.2, -0.15) is 0 Å². The van der Waals surface area contributed by atoms with E-state index in [-0.39, 0.29) is 5.56 Å². The first-order chi connectivity index (χ1) is 12.5. The van der Waals surface area contributed by atoms with E-state index in [2.05, 4.69) is 46.6 Å². The average molecular weight is 383 g/mol. The molecule has 26 heavy (non-hydrogen) atoms. The van der Waals surface area contributed by atoms with Crippen LogP contribution in [0.1, 0.15) is 22.5 Å². The van der Waals surface area contributed by atoms with Crippen LogP contribution in [0.4, 0.5) is 0 Å². The fourth-order valence-corrected chi connectivity index (χ4v) is 4.75. The van der Waals surface area contributed by atoms with Crippen molar-refractivity contribution in [2.45, 2.75) is 31.7 Å². The summed E-state index contributed by atoms with van der Waals surface area (Å²) in [4.78, 5) is 22.1. The summed E-state index contributed by atoms with van der Waals surface area (Å²) in [6.45, 7) is 6.10. The molecular formula is C19H18N4OS2. The summed E-state index contributed by atoms with van der Waals surface area (Å²) in [7, 11) is 0. The van der Waals surface area contributed by atoms with Crippen LogP contribution in [0.15, 0.2) is 52.0 Å². The third-order valence-corrected chi connectivity index (χ3v) is 6.01. The molecule has 0 spiro atoms. The average Bonchev–Trinajstić information content (AvgIpc) is 3.19. The molecule has 0 fully saturated rings. The lowest BCUT2D eigenvalue weighted by Gasteiger charge is -2.09. The lowest BCUT2D eigenvalue weighted by Crippen LogP contribution is -2.14. The van der Waals surface area contributed by atoms with E-state index in [0.717, 1.165) is 27.2 Å². The number of imidazole rings is 1. The SMILES string of the molecule is Cc1cc(C)cc(-n2ccnc2SCc2cc(=O)n3c(C)csc3n2)c1. The molecule has 0 aliphatic rings. The van der Waals surface area contributed by atoms with Gasteiger partial charge in [-0.3, -0.25) is 13.8 Å². The van der Waals surface area contributed by atoms with E-state index in [1.807, 2.05) is 18.5 Å². The van der Waals surface area contributed by atoms with Crippen LogP contribution in [-0.2, 0) is 5.75 Å². The molecule has 5 nitrogen and oxygen atoms in total. The summed E-state index contributed by atoms with van der Waals surface area (Å²) in [6.07, 6.45) is 3.76. The van der Waals surface area contributed by atoms with Crippen molar-refractivity contribution in [3.8, 4) is 5.69 Å². The monoisotopic (exact) mass is 382 g/mol. The molecule has 0 aliphatic carbocycles. The molecule has 0 saturated heterocycles. The number of nitrogens with zero attached hydrogens (tertiary/aromatic N) is 4. The molecule has 0 bridgehead atoms. The number of aryl methyl sites for hydroxylation is 3. The molecule has 0 saturated carbocycles. The first-order valence-corrected chi connectivity index (χ1v) is 10.1. The summed E-state index contributed by atoms with van der Waals surface area (Å²) in [5, 5.41) is 2.84. The predicted molar refractivity (Wildman–Crippen MR) is 107 cm³/mol. The van der Waals surface area contributed by atoms with Crippen molar-refractivity contribution >= 4 is 28.1 Å². The van der Waals surface area contributed by atoms with Crippen molar-refractivity contribution in [3.63, 3.8) is 0 Å². The molecule has 0 unspecified atom stereocenters. The minimum atomic E-state index is -0.0259. The number of thioether (sulfide) groups is 1. The number of fused-ring (bicyclic) bond motifs is 1. The van der Waals surface area contributed by atoms with E-state index in [0.29, 0.717) is 5.75 Å². The second-order valence-electron chi connectivity index (χ2n) is 6.30. The fourth-order valence-electron chi connectivity index (χ4n) is 3.00. The maximum atomic E-state index is 12.3. The van der Waals surface area contributed by atoms with Crippen molar-refractivity contribution < 1.29 is 0 Å². The van der Waals surface area contributed by atoms with Crippen molar-refractivity contribution in [2.75, 3.05) is 0 Å². The number of hydrogen-bond acceptors (Lipinski definition) is 5. The number of hydrogen-bond donors (Lipinski definition) is 0. The molecule has 3 heterocycles. The normalized spacial score (nSPS) is 11.3. The van der Waals surface area contributed by atoms with Crippen LogP contribution in [0.3, 0.4) is 0 Å². The maximum Gasteiger partial charge on any atom is 0.258 e. The lowest BCUT2D eigenvalue weighted by atomic mass is 10.1. The summed E-state index contributed by atoms with van der Waals surface area (Å²) in [5.41, 5.74) is 5.21. The molecule has 3 aromatic heterocycles. The van der Waals surface area contributed by atoms with Crippen molar-refractivity contribution in [2.24, 2.45) is 0 Å². The number of benzene rings is 1. The Bertz CT molecular complexity index is 1140. The molecule has 0 atom stereocenters. The zero-order valence-electron chi connectivity index (χ0n) is 14.8. The second-order valence-corrected chi connectivity index (χ2v) is 8.07. The van der Waals surface area contributed by atoms with Gasteiger partial charge in [-0.05, 0) is 44.0 Å². The molecule has 0 aliphatic heterocycles. The van der Waals surface area contributed by atoms with Gasteiger partial charge in [0.25, 0.3) is 5.56 Å². The number of aromatic nitrogens is 4. The standard InChI is InChI=1S/C19H18N4OS2/c1-12-6-13(2)8-16(7-12)22-5-4-20-18(22)26-11-15-9-17(24)23-14(3)10-25-19(23)21-15/h4-10H,11H2,1-3H3. The van der Waals surface area contributed by atoms with Gasteiger partial charge in [-0.1, -0.05) is 17.8 Å². The summed E-state index contributed by atoms with van der Waals surface area (Å²) >= 11 is 3.07. The van der Waals surface area contributed by atoms with E-state index in [1.54, 1.807) is 28.4 Å². The van der Waals surface area contributed by atoms with Gasteiger partial charge in [0.2, 0.25) is 0 Å². The largest absolute Gasteiger partial charge is 0.295 e. The van der Waals surface area contributed by atoms with Crippen LogP contribution in [-0.4, -0.2) is 18.9 Å². The van der Waals surface area contributed by atoms with Crippen molar-refractivity contribution in [1.82, 2.24) is 18.9 Å². The molecule has 4 aromatic rings. The summed E-state index contributed by atoms with van der Waals surface area (Å²) in [5.74, 6) is 0.602.